The minimum Gasteiger partial charge on any atom is -0.490 e. The van der Waals surface area contributed by atoms with Crippen molar-refractivity contribution in [2.75, 3.05) is 38.7 Å². The molecule has 1 aromatic heterocycles. The lowest BCUT2D eigenvalue weighted by molar-refractivity contribution is -0.00832. The normalized spacial score (nSPS) is 21.6. The van der Waals surface area contributed by atoms with E-state index in [9.17, 15) is 23.1 Å². The van der Waals surface area contributed by atoms with E-state index in [2.05, 4.69) is 10.6 Å². The summed E-state index contributed by atoms with van der Waals surface area (Å²) < 4.78 is 40.4. The molecule has 13 heteroatoms. The van der Waals surface area contributed by atoms with Gasteiger partial charge < -0.3 is 30.1 Å². The largest absolute Gasteiger partial charge is 0.490 e. The molecular formula is C30H46N4O7S2. The summed E-state index contributed by atoms with van der Waals surface area (Å²) in [6.45, 7) is 9.75. The number of urea groups is 1. The van der Waals surface area contributed by atoms with Gasteiger partial charge in [0.15, 0.2) is 0 Å². The molecule has 240 valence electrons. The fourth-order valence-electron chi connectivity index (χ4n) is 4.81. The molecule has 0 spiro atoms. The summed E-state index contributed by atoms with van der Waals surface area (Å²) in [5.74, 6) is -0.274. The molecule has 3 N–H and O–H groups in total. The summed E-state index contributed by atoms with van der Waals surface area (Å²) in [4.78, 5) is 28.1. The summed E-state index contributed by atoms with van der Waals surface area (Å²) in [5, 5.41) is 17.4. The van der Waals surface area contributed by atoms with Gasteiger partial charge in [-0.3, -0.25) is 4.79 Å². The molecule has 0 bridgehead atoms. The number of carbonyl (C=O) groups is 2. The van der Waals surface area contributed by atoms with Crippen molar-refractivity contribution in [1.29, 1.82) is 0 Å². The van der Waals surface area contributed by atoms with Crippen LogP contribution in [-0.4, -0.2) is 92.3 Å². The smallest absolute Gasteiger partial charge is 0.319 e. The van der Waals surface area contributed by atoms with E-state index < -0.39 is 28.2 Å². The van der Waals surface area contributed by atoms with Crippen molar-refractivity contribution in [3.05, 3.63) is 41.3 Å². The lowest BCUT2D eigenvalue weighted by Crippen LogP contribution is -2.48. The first-order valence-corrected chi connectivity index (χ1v) is 17.1. The van der Waals surface area contributed by atoms with Crippen LogP contribution in [0.3, 0.4) is 0 Å². The van der Waals surface area contributed by atoms with Crippen LogP contribution in [0, 0.1) is 5.92 Å². The fraction of sp³-hybridized carbons (Fsp3) is 0.600. The Morgan fingerprint density at radius 2 is 1.95 bits per heavy atom. The molecule has 0 saturated heterocycles. The zero-order chi connectivity index (χ0) is 31.7. The van der Waals surface area contributed by atoms with E-state index in [-0.39, 0.29) is 53.4 Å². The number of nitrogens with zero attached hydrogens (tertiary/aromatic N) is 2. The Bertz CT molecular complexity index is 1300. The number of ether oxygens (including phenoxy) is 2. The minimum atomic E-state index is -3.70. The van der Waals surface area contributed by atoms with Gasteiger partial charge in [0.25, 0.3) is 15.9 Å². The predicted molar refractivity (Wildman–Crippen MR) is 168 cm³/mol. The number of amides is 3. The molecule has 2 aromatic rings. The van der Waals surface area contributed by atoms with Crippen LogP contribution in [-0.2, 0) is 14.8 Å². The Balaban J connectivity index is 1.96. The number of rotatable bonds is 8. The van der Waals surface area contributed by atoms with Gasteiger partial charge in [0.2, 0.25) is 0 Å². The zero-order valence-corrected chi connectivity index (χ0v) is 27.5. The number of sulfonamides is 1. The number of nitrogens with one attached hydrogen (secondary N) is 2. The van der Waals surface area contributed by atoms with Gasteiger partial charge in [0, 0.05) is 44.4 Å². The van der Waals surface area contributed by atoms with Crippen LogP contribution in [0.1, 0.15) is 64.2 Å². The van der Waals surface area contributed by atoms with E-state index in [1.807, 2.05) is 27.7 Å². The lowest BCUT2D eigenvalue weighted by atomic mass is 10.0. The maximum atomic E-state index is 14.2. The maximum absolute atomic E-state index is 14.2. The second-order valence-electron chi connectivity index (χ2n) is 11.5. The number of fused-ring (bicyclic) bond motifs is 1. The molecule has 0 radical (unpaired) electrons. The molecule has 0 fully saturated rings. The molecule has 2 heterocycles. The van der Waals surface area contributed by atoms with Crippen LogP contribution in [0.15, 0.2) is 39.9 Å². The highest BCUT2D eigenvalue weighted by Gasteiger charge is 2.32. The van der Waals surface area contributed by atoms with Crippen LogP contribution < -0.4 is 15.4 Å². The second kappa shape index (κ2) is 15.8. The van der Waals surface area contributed by atoms with Crippen molar-refractivity contribution in [2.45, 2.75) is 82.4 Å². The van der Waals surface area contributed by atoms with Crippen LogP contribution >= 0.6 is 11.3 Å². The zero-order valence-electron chi connectivity index (χ0n) is 25.9. The van der Waals surface area contributed by atoms with Crippen molar-refractivity contribution in [3.8, 4) is 5.75 Å². The average molecular weight is 639 g/mol. The minimum absolute atomic E-state index is 0.0694. The van der Waals surface area contributed by atoms with E-state index in [0.717, 1.165) is 30.6 Å². The summed E-state index contributed by atoms with van der Waals surface area (Å²) >= 11 is 1.16. The van der Waals surface area contributed by atoms with E-state index in [0.29, 0.717) is 18.0 Å². The Morgan fingerprint density at radius 1 is 1.21 bits per heavy atom. The SMILES string of the molecule is CC(C)NC(=O)Nc1ccc2c(c1)C(=O)N([C@H](C)CO)C[C@@H](C)[C@H](CN(C)S(=O)(=O)c1cccs1)OCCCC[C@H](C)O2. The highest BCUT2D eigenvalue weighted by Crippen LogP contribution is 2.29. The molecule has 3 amide bonds. The van der Waals surface area contributed by atoms with E-state index in [1.54, 1.807) is 47.5 Å². The molecule has 43 heavy (non-hydrogen) atoms. The van der Waals surface area contributed by atoms with Crippen LogP contribution in [0.4, 0.5) is 10.5 Å². The molecule has 0 unspecified atom stereocenters. The van der Waals surface area contributed by atoms with Gasteiger partial charge in [0.1, 0.15) is 9.96 Å². The molecule has 1 aromatic carbocycles. The number of likely N-dealkylation sites (N-methyl/N-ethyl adjacent to an activating group) is 1. The number of aliphatic hydroxyl groups is 1. The predicted octanol–water partition coefficient (Wildman–Crippen LogP) is 4.39. The molecule has 1 aliphatic rings. The van der Waals surface area contributed by atoms with Crippen molar-refractivity contribution in [3.63, 3.8) is 0 Å². The summed E-state index contributed by atoms with van der Waals surface area (Å²) in [7, 11) is -2.16. The Kier molecular flexibility index (Phi) is 12.8. The van der Waals surface area contributed by atoms with Crippen molar-refractivity contribution >= 4 is 39.0 Å². The number of benzene rings is 1. The summed E-state index contributed by atoms with van der Waals surface area (Å²) in [6.07, 6.45) is 1.59. The first-order chi connectivity index (χ1) is 20.3. The second-order valence-corrected chi connectivity index (χ2v) is 14.7. The lowest BCUT2D eigenvalue weighted by Gasteiger charge is -2.35. The number of aliphatic hydroxyl groups excluding tert-OH is 1. The Labute approximate surface area is 259 Å². The van der Waals surface area contributed by atoms with Gasteiger partial charge in [0.05, 0.1) is 30.4 Å². The quantitative estimate of drug-likeness (QED) is 0.390. The Hall–Kier alpha value is -2.71. The molecule has 0 saturated carbocycles. The molecule has 1 aliphatic heterocycles. The van der Waals surface area contributed by atoms with Gasteiger partial charge in [-0.2, -0.15) is 4.31 Å². The van der Waals surface area contributed by atoms with E-state index >= 15 is 0 Å². The number of thiophene rings is 1. The van der Waals surface area contributed by atoms with Crippen molar-refractivity contribution in [1.82, 2.24) is 14.5 Å². The van der Waals surface area contributed by atoms with Crippen molar-refractivity contribution < 1.29 is 32.6 Å². The van der Waals surface area contributed by atoms with Gasteiger partial charge >= 0.3 is 6.03 Å². The number of hydrogen-bond acceptors (Lipinski definition) is 8. The van der Waals surface area contributed by atoms with Gasteiger partial charge in [-0.05, 0) is 76.6 Å². The molecule has 4 atom stereocenters. The molecular weight excluding hydrogens is 592 g/mol. The highest BCUT2D eigenvalue weighted by atomic mass is 32.2. The van der Waals surface area contributed by atoms with Gasteiger partial charge in [-0.15, -0.1) is 11.3 Å². The Morgan fingerprint density at radius 3 is 2.60 bits per heavy atom. The monoisotopic (exact) mass is 638 g/mol. The van der Waals surface area contributed by atoms with Crippen LogP contribution in [0.2, 0.25) is 0 Å². The van der Waals surface area contributed by atoms with Gasteiger partial charge in [-0.1, -0.05) is 13.0 Å². The number of hydrogen-bond donors (Lipinski definition) is 3. The van der Waals surface area contributed by atoms with Crippen molar-refractivity contribution in [2.24, 2.45) is 5.92 Å². The first kappa shape index (κ1) is 34.8. The third kappa shape index (κ3) is 9.64. The topological polar surface area (TPSA) is 138 Å². The fourth-order valence-corrected chi connectivity index (χ4v) is 7.19. The number of carbonyl (C=O) groups excluding carboxylic acids is 2. The van der Waals surface area contributed by atoms with Crippen LogP contribution in [0.25, 0.3) is 0 Å². The average Bonchev–Trinajstić information content (AvgIpc) is 3.50. The van der Waals surface area contributed by atoms with Gasteiger partial charge in [-0.25, -0.2) is 13.2 Å². The van der Waals surface area contributed by atoms with E-state index in [4.69, 9.17) is 9.47 Å². The summed E-state index contributed by atoms with van der Waals surface area (Å²) in [6, 6.07) is 7.23. The standard InChI is InChI=1S/C30H46N4O7S2/c1-20(2)31-30(37)32-24-12-13-26-25(16-24)29(36)34(22(4)19-35)17-21(3)27(40-14-8-7-10-23(5)41-26)18-33(6)43(38,39)28-11-9-15-42-28/h9,11-13,15-16,20-23,27,35H,7-8,10,14,17-19H2,1-6H3,(H2,31,32,37)/t21-,22-,23+,27+/m1/s1. The third-order valence-corrected chi connectivity index (χ3v) is 10.5. The summed E-state index contributed by atoms with van der Waals surface area (Å²) in [5.41, 5.74) is 0.683. The first-order valence-electron chi connectivity index (χ1n) is 14.7. The van der Waals surface area contributed by atoms with Crippen LogP contribution in [0.5, 0.6) is 5.75 Å². The molecule has 11 nitrogen and oxygen atoms in total. The van der Waals surface area contributed by atoms with E-state index in [1.165, 1.54) is 11.4 Å². The third-order valence-electron chi connectivity index (χ3n) is 7.33. The highest BCUT2D eigenvalue weighted by molar-refractivity contribution is 7.91. The molecule has 0 aliphatic carbocycles. The molecule has 3 rings (SSSR count). The maximum Gasteiger partial charge on any atom is 0.319 e. The number of anilines is 1.